The first kappa shape index (κ1) is 15.9. The average Bonchev–Trinajstić information content (AvgIpc) is 2.48. The lowest BCUT2D eigenvalue weighted by Crippen LogP contribution is -2.54. The van der Waals surface area contributed by atoms with Crippen LogP contribution in [0.4, 0.5) is 5.82 Å². The molecule has 21 heavy (non-hydrogen) atoms. The number of aromatic nitrogens is 2. The van der Waals surface area contributed by atoms with Crippen molar-refractivity contribution in [2.75, 3.05) is 31.1 Å². The van der Waals surface area contributed by atoms with Crippen LogP contribution in [0.5, 0.6) is 0 Å². The van der Waals surface area contributed by atoms with E-state index in [0.29, 0.717) is 10.8 Å². The highest BCUT2D eigenvalue weighted by Crippen LogP contribution is 2.14. The number of anilines is 1. The van der Waals surface area contributed by atoms with Crippen LogP contribution in [0.1, 0.15) is 19.8 Å². The molecule has 1 saturated heterocycles. The van der Waals surface area contributed by atoms with Gasteiger partial charge < -0.3 is 15.2 Å². The third-order valence-electron chi connectivity index (χ3n) is 3.94. The van der Waals surface area contributed by atoms with Crippen molar-refractivity contribution in [2.24, 2.45) is 12.8 Å². The summed E-state index contributed by atoms with van der Waals surface area (Å²) < 4.78 is 1.56. The van der Waals surface area contributed by atoms with Crippen molar-refractivity contribution in [1.82, 2.24) is 14.5 Å². The molecule has 116 valence electrons. The van der Waals surface area contributed by atoms with Gasteiger partial charge in [-0.2, -0.15) is 0 Å². The first-order valence-electron chi connectivity index (χ1n) is 7.34. The monoisotopic (exact) mass is 309 g/mol. The Morgan fingerprint density at radius 2 is 2.10 bits per heavy atom. The molecule has 1 aromatic rings. The van der Waals surface area contributed by atoms with Crippen LogP contribution in [0.15, 0.2) is 17.2 Å². The zero-order valence-corrected chi connectivity index (χ0v) is 13.5. The Bertz CT molecular complexity index is 551. The molecule has 1 fully saturated rings. The molecule has 1 aliphatic rings. The van der Waals surface area contributed by atoms with Crippen LogP contribution in [0.3, 0.4) is 0 Å². The molecule has 0 aliphatic carbocycles. The topological polar surface area (TPSA) is 67.4 Å². The molecule has 1 aliphatic heterocycles. The minimum absolute atomic E-state index is 0.0506. The molecule has 0 amide bonds. The second-order valence-electron chi connectivity index (χ2n) is 5.40. The first-order valence-corrected chi connectivity index (χ1v) is 7.75. The van der Waals surface area contributed by atoms with Gasteiger partial charge in [0.2, 0.25) is 0 Å². The Morgan fingerprint density at radius 3 is 2.67 bits per heavy atom. The zero-order chi connectivity index (χ0) is 15.4. The van der Waals surface area contributed by atoms with Gasteiger partial charge in [0.1, 0.15) is 0 Å². The number of thiocarbonyl (C=S) groups is 1. The van der Waals surface area contributed by atoms with Gasteiger partial charge in [-0.15, -0.1) is 0 Å². The van der Waals surface area contributed by atoms with Crippen LogP contribution in [0.25, 0.3) is 0 Å². The lowest BCUT2D eigenvalue weighted by Gasteiger charge is -2.39. The molecule has 1 aromatic heterocycles. The lowest BCUT2D eigenvalue weighted by atomic mass is 10.1. The number of nitrogens with two attached hydrogens (primary N) is 1. The van der Waals surface area contributed by atoms with E-state index in [0.717, 1.165) is 39.0 Å². The molecular formula is C14H23N5OS. The van der Waals surface area contributed by atoms with Crippen molar-refractivity contribution in [3.8, 4) is 0 Å². The molecule has 0 spiro atoms. The summed E-state index contributed by atoms with van der Waals surface area (Å²) in [5, 5.41) is 0. The highest BCUT2D eigenvalue weighted by Gasteiger charge is 2.26. The largest absolute Gasteiger partial charge is 0.392 e. The van der Waals surface area contributed by atoms with E-state index >= 15 is 0 Å². The van der Waals surface area contributed by atoms with Crippen LogP contribution in [0.2, 0.25) is 0 Å². The summed E-state index contributed by atoms with van der Waals surface area (Å²) in [4.78, 5) is 21.3. The maximum Gasteiger partial charge on any atom is 0.293 e. The number of hydrogen-bond acceptors (Lipinski definition) is 5. The summed E-state index contributed by atoms with van der Waals surface area (Å²) in [6.45, 7) is 5.38. The fraction of sp³-hybridized carbons (Fsp3) is 0.643. The van der Waals surface area contributed by atoms with E-state index in [1.807, 2.05) is 4.90 Å². The second-order valence-corrected chi connectivity index (χ2v) is 5.87. The predicted octanol–water partition coefficient (Wildman–Crippen LogP) is 0.357. The van der Waals surface area contributed by atoms with E-state index in [1.165, 1.54) is 0 Å². The van der Waals surface area contributed by atoms with Gasteiger partial charge in [0.05, 0.1) is 11.0 Å². The Morgan fingerprint density at radius 1 is 1.43 bits per heavy atom. The highest BCUT2D eigenvalue weighted by molar-refractivity contribution is 7.80. The van der Waals surface area contributed by atoms with Crippen molar-refractivity contribution >= 4 is 23.0 Å². The Hall–Kier alpha value is -1.47. The number of aryl methyl sites for hydroxylation is 1. The third kappa shape index (κ3) is 3.59. The summed E-state index contributed by atoms with van der Waals surface area (Å²) in [5.41, 5.74) is 5.80. The maximum absolute atomic E-state index is 12.1. The van der Waals surface area contributed by atoms with Crippen molar-refractivity contribution in [3.05, 3.63) is 22.7 Å². The van der Waals surface area contributed by atoms with Crippen molar-refractivity contribution in [1.29, 1.82) is 0 Å². The molecule has 7 heteroatoms. The van der Waals surface area contributed by atoms with Gasteiger partial charge in [-0.25, -0.2) is 4.98 Å². The number of rotatable bonds is 5. The van der Waals surface area contributed by atoms with Crippen LogP contribution in [-0.2, 0) is 7.05 Å². The molecule has 6 nitrogen and oxygen atoms in total. The standard InChI is InChI=1S/C14H23N5OS/c1-3-4-11(12(15)21)18-7-9-19(10-8-18)13-14(20)17(2)6-5-16-13/h5-6,11H,3-4,7-10H2,1-2H3,(H2,15,21). The smallest absolute Gasteiger partial charge is 0.293 e. The van der Waals surface area contributed by atoms with Gasteiger partial charge in [0.15, 0.2) is 5.82 Å². The average molecular weight is 309 g/mol. The van der Waals surface area contributed by atoms with Gasteiger partial charge >= 0.3 is 0 Å². The van der Waals surface area contributed by atoms with Crippen LogP contribution >= 0.6 is 12.2 Å². The van der Waals surface area contributed by atoms with Crippen LogP contribution in [0, 0.1) is 0 Å². The van der Waals surface area contributed by atoms with Gasteiger partial charge in [0.25, 0.3) is 5.56 Å². The van der Waals surface area contributed by atoms with E-state index in [-0.39, 0.29) is 11.6 Å². The van der Waals surface area contributed by atoms with Crippen molar-refractivity contribution < 1.29 is 0 Å². The summed E-state index contributed by atoms with van der Waals surface area (Å²) in [6, 6.07) is 0.165. The number of hydrogen-bond donors (Lipinski definition) is 1. The summed E-state index contributed by atoms with van der Waals surface area (Å²) in [5.74, 6) is 0.530. The lowest BCUT2D eigenvalue weighted by molar-refractivity contribution is 0.219. The Kier molecular flexibility index (Phi) is 5.30. The quantitative estimate of drug-likeness (QED) is 0.792. The fourth-order valence-corrected chi connectivity index (χ4v) is 2.99. The number of nitrogens with zero attached hydrogens (tertiary/aromatic N) is 4. The summed E-state index contributed by atoms with van der Waals surface area (Å²) in [6.07, 6.45) is 5.38. The molecule has 2 heterocycles. The second kappa shape index (κ2) is 7.00. The summed E-state index contributed by atoms with van der Waals surface area (Å²) in [7, 11) is 1.74. The van der Waals surface area contributed by atoms with Gasteiger partial charge in [-0.05, 0) is 6.42 Å². The Balaban J connectivity index is 2.04. The molecular weight excluding hydrogens is 286 g/mol. The molecule has 0 bridgehead atoms. The normalized spacial score (nSPS) is 17.7. The summed E-state index contributed by atoms with van der Waals surface area (Å²) >= 11 is 5.18. The first-order chi connectivity index (χ1) is 10.0. The highest BCUT2D eigenvalue weighted by atomic mass is 32.1. The van der Waals surface area contributed by atoms with E-state index in [1.54, 1.807) is 24.0 Å². The molecule has 0 saturated carbocycles. The maximum atomic E-state index is 12.1. The van der Waals surface area contributed by atoms with E-state index in [4.69, 9.17) is 18.0 Å². The van der Waals surface area contributed by atoms with E-state index in [2.05, 4.69) is 16.8 Å². The molecule has 1 atom stereocenters. The zero-order valence-electron chi connectivity index (χ0n) is 12.7. The molecule has 0 radical (unpaired) electrons. The molecule has 2 rings (SSSR count). The van der Waals surface area contributed by atoms with Gasteiger partial charge in [0, 0.05) is 45.6 Å². The van der Waals surface area contributed by atoms with Crippen molar-refractivity contribution in [3.63, 3.8) is 0 Å². The Labute approximate surface area is 130 Å². The van der Waals surface area contributed by atoms with Crippen LogP contribution < -0.4 is 16.2 Å². The van der Waals surface area contributed by atoms with Gasteiger partial charge in [-0.3, -0.25) is 9.69 Å². The van der Waals surface area contributed by atoms with Crippen LogP contribution in [-0.4, -0.2) is 51.7 Å². The van der Waals surface area contributed by atoms with E-state index < -0.39 is 0 Å². The SMILES string of the molecule is CCCC(C(N)=S)N1CCN(c2nccn(C)c2=O)CC1. The minimum atomic E-state index is -0.0506. The van der Waals surface area contributed by atoms with Crippen molar-refractivity contribution in [2.45, 2.75) is 25.8 Å². The predicted molar refractivity (Wildman–Crippen MR) is 88.7 cm³/mol. The molecule has 2 N–H and O–H groups in total. The van der Waals surface area contributed by atoms with Gasteiger partial charge in [-0.1, -0.05) is 25.6 Å². The fourth-order valence-electron chi connectivity index (χ4n) is 2.73. The number of piperazine rings is 1. The third-order valence-corrected chi connectivity index (χ3v) is 4.22. The molecule has 1 unspecified atom stereocenters. The minimum Gasteiger partial charge on any atom is -0.392 e. The molecule has 0 aromatic carbocycles. The van der Waals surface area contributed by atoms with E-state index in [9.17, 15) is 4.79 Å².